The normalized spacial score (nSPS) is 11.4. The molecule has 0 fully saturated rings. The van der Waals surface area contributed by atoms with Crippen LogP contribution in [-0.4, -0.2) is 16.2 Å². The first-order valence-electron chi connectivity index (χ1n) is 6.91. The lowest BCUT2D eigenvalue weighted by Gasteiger charge is -2.07. The fourth-order valence-electron chi connectivity index (χ4n) is 1.95. The van der Waals surface area contributed by atoms with E-state index in [1.54, 1.807) is 11.3 Å². The lowest BCUT2D eigenvalue weighted by atomic mass is 10.1. The van der Waals surface area contributed by atoms with Crippen LogP contribution < -0.4 is 11.1 Å². The third-order valence-electron chi connectivity index (χ3n) is 2.86. The number of hydrogen-bond acceptors (Lipinski definition) is 4. The maximum absolute atomic E-state index is 5.92. The minimum Gasteiger partial charge on any atom is -0.370 e. The molecule has 2 rings (SSSR count). The van der Waals surface area contributed by atoms with Crippen LogP contribution in [0.5, 0.6) is 0 Å². The molecule has 2 aromatic rings. The van der Waals surface area contributed by atoms with Crippen LogP contribution >= 0.6 is 35.3 Å². The Hall–Kier alpha value is -1.22. The number of rotatable bonds is 4. The summed E-state index contributed by atoms with van der Waals surface area (Å²) < 4.78 is 0. The van der Waals surface area contributed by atoms with Gasteiger partial charge in [0.15, 0.2) is 5.96 Å². The SMILES string of the molecule is Cc1cc(C)cc(NC(N)=NCc2nnc(C(C)C)s2)c1.I. The van der Waals surface area contributed by atoms with E-state index < -0.39 is 0 Å². The molecule has 0 saturated heterocycles. The highest BCUT2D eigenvalue weighted by Gasteiger charge is 2.07. The van der Waals surface area contributed by atoms with E-state index in [0.717, 1.165) is 15.7 Å². The number of aliphatic imine (C=N–C) groups is 1. The molecule has 0 radical (unpaired) electrons. The highest BCUT2D eigenvalue weighted by Crippen LogP contribution is 2.19. The van der Waals surface area contributed by atoms with E-state index in [1.165, 1.54) is 11.1 Å². The third-order valence-corrected chi connectivity index (χ3v) is 4.06. The molecule has 0 unspecified atom stereocenters. The van der Waals surface area contributed by atoms with Gasteiger partial charge >= 0.3 is 0 Å². The van der Waals surface area contributed by atoms with Crippen LogP contribution in [0.4, 0.5) is 5.69 Å². The standard InChI is InChI=1S/C15H21N5S.HI/c1-9(2)14-20-19-13(21-14)8-17-15(16)18-12-6-10(3)5-11(4)7-12;/h5-7,9H,8H2,1-4H3,(H3,16,17,18);1H. The Morgan fingerprint density at radius 1 is 1.23 bits per heavy atom. The number of aromatic nitrogens is 2. The monoisotopic (exact) mass is 431 g/mol. The number of guanidine groups is 1. The molecule has 0 amide bonds. The molecular weight excluding hydrogens is 409 g/mol. The largest absolute Gasteiger partial charge is 0.370 e. The Morgan fingerprint density at radius 3 is 2.41 bits per heavy atom. The van der Waals surface area contributed by atoms with E-state index in [4.69, 9.17) is 5.73 Å². The molecule has 120 valence electrons. The maximum Gasteiger partial charge on any atom is 0.193 e. The van der Waals surface area contributed by atoms with Crippen molar-refractivity contribution in [2.45, 2.75) is 40.2 Å². The molecule has 1 aromatic carbocycles. The van der Waals surface area contributed by atoms with Gasteiger partial charge in [-0.15, -0.1) is 34.2 Å². The Kier molecular flexibility index (Phi) is 7.21. The summed E-state index contributed by atoms with van der Waals surface area (Å²) in [4.78, 5) is 4.31. The molecule has 0 aliphatic rings. The van der Waals surface area contributed by atoms with Crippen LogP contribution in [-0.2, 0) is 6.54 Å². The van der Waals surface area contributed by atoms with Crippen molar-refractivity contribution >= 4 is 47.0 Å². The lowest BCUT2D eigenvalue weighted by molar-refractivity contribution is 0.816. The van der Waals surface area contributed by atoms with Gasteiger partial charge in [0.25, 0.3) is 0 Å². The molecule has 3 N–H and O–H groups in total. The molecule has 0 aliphatic carbocycles. The van der Waals surface area contributed by atoms with Gasteiger partial charge < -0.3 is 11.1 Å². The smallest absolute Gasteiger partial charge is 0.193 e. The summed E-state index contributed by atoms with van der Waals surface area (Å²) in [5, 5.41) is 13.3. The zero-order chi connectivity index (χ0) is 15.4. The van der Waals surface area contributed by atoms with Gasteiger partial charge in [-0.25, -0.2) is 4.99 Å². The summed E-state index contributed by atoms with van der Waals surface area (Å²) in [5.74, 6) is 0.785. The summed E-state index contributed by atoms with van der Waals surface area (Å²) in [6.45, 7) is 8.77. The van der Waals surface area contributed by atoms with E-state index >= 15 is 0 Å². The Labute approximate surface area is 152 Å². The molecule has 0 atom stereocenters. The van der Waals surface area contributed by atoms with Gasteiger partial charge in [-0.05, 0) is 37.1 Å². The molecule has 0 spiro atoms. The van der Waals surface area contributed by atoms with Gasteiger partial charge in [-0.3, -0.25) is 0 Å². The summed E-state index contributed by atoms with van der Waals surface area (Å²) in [5.41, 5.74) is 9.25. The van der Waals surface area contributed by atoms with Crippen molar-refractivity contribution in [3.05, 3.63) is 39.3 Å². The highest BCUT2D eigenvalue weighted by atomic mass is 127. The molecule has 22 heavy (non-hydrogen) atoms. The topological polar surface area (TPSA) is 76.2 Å². The number of halogens is 1. The minimum atomic E-state index is 0. The van der Waals surface area contributed by atoms with E-state index in [-0.39, 0.29) is 24.0 Å². The summed E-state index contributed by atoms with van der Waals surface area (Å²) in [6, 6.07) is 6.20. The number of hydrogen-bond donors (Lipinski definition) is 2. The first-order valence-corrected chi connectivity index (χ1v) is 7.73. The van der Waals surface area contributed by atoms with Crippen molar-refractivity contribution < 1.29 is 0 Å². The number of anilines is 1. The highest BCUT2D eigenvalue weighted by molar-refractivity contribution is 14.0. The predicted molar refractivity (Wildman–Crippen MR) is 104 cm³/mol. The molecule has 1 aromatic heterocycles. The zero-order valence-corrected chi connectivity index (χ0v) is 16.4. The van der Waals surface area contributed by atoms with Crippen LogP contribution in [0.1, 0.15) is 40.9 Å². The number of nitrogens with two attached hydrogens (primary N) is 1. The van der Waals surface area contributed by atoms with Crippen molar-refractivity contribution in [1.82, 2.24) is 10.2 Å². The fraction of sp³-hybridized carbons (Fsp3) is 0.400. The first kappa shape index (κ1) is 18.8. The van der Waals surface area contributed by atoms with Gasteiger partial charge in [-0.1, -0.05) is 31.3 Å². The molecular formula is C15H22IN5S. The Balaban J connectivity index is 0.00000242. The van der Waals surface area contributed by atoms with E-state index in [2.05, 4.69) is 54.3 Å². The number of aryl methyl sites for hydroxylation is 2. The van der Waals surface area contributed by atoms with Gasteiger partial charge in [0.1, 0.15) is 10.0 Å². The van der Waals surface area contributed by atoms with Crippen molar-refractivity contribution in [2.75, 3.05) is 5.32 Å². The van der Waals surface area contributed by atoms with Crippen molar-refractivity contribution in [1.29, 1.82) is 0 Å². The third kappa shape index (κ3) is 5.53. The lowest BCUT2D eigenvalue weighted by Crippen LogP contribution is -2.22. The predicted octanol–water partition coefficient (Wildman–Crippen LogP) is 3.82. The second kappa shape index (κ2) is 8.42. The average molecular weight is 431 g/mol. The minimum absolute atomic E-state index is 0. The summed E-state index contributed by atoms with van der Waals surface area (Å²) >= 11 is 1.58. The molecule has 7 heteroatoms. The van der Waals surface area contributed by atoms with E-state index in [1.807, 2.05) is 12.1 Å². The number of nitrogens with one attached hydrogen (secondary N) is 1. The quantitative estimate of drug-likeness (QED) is 0.439. The molecule has 0 aliphatic heterocycles. The van der Waals surface area contributed by atoms with Crippen LogP contribution in [0.15, 0.2) is 23.2 Å². The van der Waals surface area contributed by atoms with Crippen molar-refractivity contribution in [3.8, 4) is 0 Å². The van der Waals surface area contributed by atoms with Crippen LogP contribution in [0.25, 0.3) is 0 Å². The van der Waals surface area contributed by atoms with Crippen LogP contribution in [0.3, 0.4) is 0 Å². The second-order valence-electron chi connectivity index (χ2n) is 5.39. The van der Waals surface area contributed by atoms with Gasteiger partial charge in [0.05, 0.1) is 6.54 Å². The Bertz CT molecular complexity index is 631. The number of nitrogens with zero attached hydrogens (tertiary/aromatic N) is 3. The average Bonchev–Trinajstić information content (AvgIpc) is 2.84. The molecule has 1 heterocycles. The Morgan fingerprint density at radius 2 is 1.86 bits per heavy atom. The fourth-order valence-corrected chi connectivity index (χ4v) is 2.72. The number of benzene rings is 1. The molecule has 5 nitrogen and oxygen atoms in total. The van der Waals surface area contributed by atoms with Crippen LogP contribution in [0, 0.1) is 13.8 Å². The second-order valence-corrected chi connectivity index (χ2v) is 6.49. The zero-order valence-electron chi connectivity index (χ0n) is 13.3. The van der Waals surface area contributed by atoms with Gasteiger partial charge in [0, 0.05) is 11.6 Å². The maximum atomic E-state index is 5.92. The van der Waals surface area contributed by atoms with E-state index in [9.17, 15) is 0 Å². The van der Waals surface area contributed by atoms with Gasteiger partial charge in [0.2, 0.25) is 0 Å². The van der Waals surface area contributed by atoms with Crippen molar-refractivity contribution in [2.24, 2.45) is 10.7 Å². The first-order chi connectivity index (χ1) is 9.94. The summed E-state index contributed by atoms with van der Waals surface area (Å²) in [7, 11) is 0. The van der Waals surface area contributed by atoms with Crippen molar-refractivity contribution in [3.63, 3.8) is 0 Å². The molecule has 0 bridgehead atoms. The summed E-state index contributed by atoms with van der Waals surface area (Å²) in [6.07, 6.45) is 0. The molecule has 0 saturated carbocycles. The van der Waals surface area contributed by atoms with E-state index in [0.29, 0.717) is 18.4 Å². The van der Waals surface area contributed by atoms with Crippen LogP contribution in [0.2, 0.25) is 0 Å². The van der Waals surface area contributed by atoms with Gasteiger partial charge in [-0.2, -0.15) is 0 Å².